The van der Waals surface area contributed by atoms with Crippen LogP contribution in [0.25, 0.3) is 0 Å². The van der Waals surface area contributed by atoms with Crippen LogP contribution in [0.4, 0.5) is 0 Å². The molecule has 0 saturated heterocycles. The Morgan fingerprint density at radius 1 is 1.27 bits per heavy atom. The number of rotatable bonds is 5. The van der Waals surface area contributed by atoms with Crippen molar-refractivity contribution in [3.8, 4) is 0 Å². The van der Waals surface area contributed by atoms with E-state index in [1.165, 1.54) is 44.1 Å². The van der Waals surface area contributed by atoms with E-state index >= 15 is 0 Å². The molecule has 0 aromatic heterocycles. The Kier molecular flexibility index (Phi) is 6.00. The van der Waals surface area contributed by atoms with E-state index in [0.717, 1.165) is 18.9 Å². The van der Waals surface area contributed by atoms with Crippen molar-refractivity contribution in [3.63, 3.8) is 0 Å². The third-order valence-electron chi connectivity index (χ3n) is 3.78. The number of nitrogens with one attached hydrogen (secondary N) is 1. The predicted octanol–water partition coefficient (Wildman–Crippen LogP) is 3.90. The second kappa shape index (κ2) is 7.05. The minimum atomic E-state index is 0.673. The van der Waals surface area contributed by atoms with E-state index in [1.807, 2.05) is 0 Å². The molecule has 0 aromatic carbocycles. The molecule has 0 spiro atoms. The van der Waals surface area contributed by atoms with Crippen molar-refractivity contribution < 1.29 is 0 Å². The summed E-state index contributed by atoms with van der Waals surface area (Å²) >= 11 is 0. The molecular weight excluding hydrogens is 182 g/mol. The summed E-state index contributed by atoms with van der Waals surface area (Å²) in [6.07, 6.45) is 9.72. The molecule has 1 aliphatic carbocycles. The van der Waals surface area contributed by atoms with Gasteiger partial charge in [0.15, 0.2) is 0 Å². The SMILES string of the molecule is C=C(CC)CN[C@@H](C)C1CCCCCC1. The quantitative estimate of drug-likeness (QED) is 0.535. The van der Waals surface area contributed by atoms with Gasteiger partial charge in [0.1, 0.15) is 0 Å². The van der Waals surface area contributed by atoms with Crippen molar-refractivity contribution in [2.24, 2.45) is 5.92 Å². The molecule has 0 aromatic rings. The van der Waals surface area contributed by atoms with E-state index in [-0.39, 0.29) is 0 Å². The van der Waals surface area contributed by atoms with Gasteiger partial charge in [0, 0.05) is 12.6 Å². The maximum Gasteiger partial charge on any atom is 0.0164 e. The molecular formula is C14H27N. The van der Waals surface area contributed by atoms with Gasteiger partial charge in [-0.15, -0.1) is 0 Å². The first-order valence-electron chi connectivity index (χ1n) is 6.64. The summed E-state index contributed by atoms with van der Waals surface area (Å²) < 4.78 is 0. The average molecular weight is 209 g/mol. The largest absolute Gasteiger partial charge is 0.310 e. The zero-order chi connectivity index (χ0) is 11.1. The molecule has 0 radical (unpaired) electrons. The third kappa shape index (κ3) is 4.83. The van der Waals surface area contributed by atoms with Crippen molar-refractivity contribution in [1.29, 1.82) is 0 Å². The zero-order valence-corrected chi connectivity index (χ0v) is 10.5. The molecule has 0 amide bonds. The van der Waals surface area contributed by atoms with E-state index in [1.54, 1.807) is 0 Å². The predicted molar refractivity (Wildman–Crippen MR) is 68.1 cm³/mol. The highest BCUT2D eigenvalue weighted by Crippen LogP contribution is 2.25. The summed E-state index contributed by atoms with van der Waals surface area (Å²) in [4.78, 5) is 0. The Balaban J connectivity index is 2.24. The van der Waals surface area contributed by atoms with Crippen molar-refractivity contribution in [3.05, 3.63) is 12.2 Å². The highest BCUT2D eigenvalue weighted by atomic mass is 14.9. The van der Waals surface area contributed by atoms with E-state index in [2.05, 4.69) is 25.7 Å². The Morgan fingerprint density at radius 3 is 2.40 bits per heavy atom. The first-order chi connectivity index (χ1) is 7.24. The molecule has 0 heterocycles. The smallest absolute Gasteiger partial charge is 0.0164 e. The maximum absolute atomic E-state index is 4.05. The summed E-state index contributed by atoms with van der Waals surface area (Å²) in [6, 6.07) is 0.673. The van der Waals surface area contributed by atoms with E-state index in [4.69, 9.17) is 0 Å². The molecule has 1 atom stereocenters. The molecule has 0 aliphatic heterocycles. The van der Waals surface area contributed by atoms with Crippen LogP contribution in [0.1, 0.15) is 58.8 Å². The van der Waals surface area contributed by atoms with Gasteiger partial charge in [-0.25, -0.2) is 0 Å². The van der Waals surface area contributed by atoms with Gasteiger partial charge in [-0.3, -0.25) is 0 Å². The van der Waals surface area contributed by atoms with Gasteiger partial charge in [-0.1, -0.05) is 44.8 Å². The summed E-state index contributed by atoms with van der Waals surface area (Å²) in [6.45, 7) is 9.58. The van der Waals surface area contributed by atoms with Crippen LogP contribution in [-0.4, -0.2) is 12.6 Å². The molecule has 0 unspecified atom stereocenters. The Hall–Kier alpha value is -0.300. The lowest BCUT2D eigenvalue weighted by Gasteiger charge is -2.24. The lowest BCUT2D eigenvalue weighted by atomic mass is 9.93. The molecule has 1 heteroatoms. The molecule has 1 N–H and O–H groups in total. The molecule has 1 aliphatic rings. The fourth-order valence-electron chi connectivity index (χ4n) is 2.41. The molecule has 15 heavy (non-hydrogen) atoms. The molecule has 1 rings (SSSR count). The summed E-state index contributed by atoms with van der Waals surface area (Å²) in [5.74, 6) is 0.900. The standard InChI is InChI=1S/C14H27N/c1-4-12(2)11-15-13(3)14-9-7-5-6-8-10-14/h13-15H,2,4-11H2,1,3H3/t13-/m0/s1. The Labute approximate surface area is 95.3 Å². The van der Waals surface area contributed by atoms with Crippen LogP contribution in [0.15, 0.2) is 12.2 Å². The van der Waals surface area contributed by atoms with E-state index < -0.39 is 0 Å². The zero-order valence-electron chi connectivity index (χ0n) is 10.5. The monoisotopic (exact) mass is 209 g/mol. The molecule has 1 fully saturated rings. The third-order valence-corrected chi connectivity index (χ3v) is 3.78. The normalized spacial score (nSPS) is 20.9. The summed E-state index contributed by atoms with van der Waals surface area (Å²) in [5.41, 5.74) is 1.33. The van der Waals surface area contributed by atoms with Gasteiger partial charge in [0.2, 0.25) is 0 Å². The fraction of sp³-hybridized carbons (Fsp3) is 0.857. The van der Waals surface area contributed by atoms with Crippen molar-refractivity contribution in [2.75, 3.05) is 6.54 Å². The topological polar surface area (TPSA) is 12.0 Å². The van der Waals surface area contributed by atoms with Gasteiger partial charge in [0.25, 0.3) is 0 Å². The molecule has 88 valence electrons. The van der Waals surface area contributed by atoms with Crippen LogP contribution in [0.5, 0.6) is 0 Å². The van der Waals surface area contributed by atoms with Gasteiger partial charge in [-0.2, -0.15) is 0 Å². The summed E-state index contributed by atoms with van der Waals surface area (Å²) in [5, 5.41) is 3.63. The number of hydrogen-bond acceptors (Lipinski definition) is 1. The lowest BCUT2D eigenvalue weighted by Crippen LogP contribution is -2.34. The van der Waals surface area contributed by atoms with Crippen LogP contribution < -0.4 is 5.32 Å². The fourth-order valence-corrected chi connectivity index (χ4v) is 2.41. The van der Waals surface area contributed by atoms with Gasteiger partial charge in [0.05, 0.1) is 0 Å². The molecule has 1 saturated carbocycles. The second-order valence-electron chi connectivity index (χ2n) is 5.02. The van der Waals surface area contributed by atoms with Crippen LogP contribution >= 0.6 is 0 Å². The average Bonchev–Trinajstić information content (AvgIpc) is 2.53. The van der Waals surface area contributed by atoms with Crippen LogP contribution in [0, 0.1) is 5.92 Å². The molecule has 0 bridgehead atoms. The van der Waals surface area contributed by atoms with E-state index in [0.29, 0.717) is 6.04 Å². The highest BCUT2D eigenvalue weighted by Gasteiger charge is 2.18. The minimum absolute atomic E-state index is 0.673. The molecule has 1 nitrogen and oxygen atoms in total. The Bertz CT molecular complexity index is 178. The first-order valence-corrected chi connectivity index (χ1v) is 6.64. The van der Waals surface area contributed by atoms with Crippen molar-refractivity contribution >= 4 is 0 Å². The summed E-state index contributed by atoms with van der Waals surface area (Å²) in [7, 11) is 0. The maximum atomic E-state index is 4.05. The van der Waals surface area contributed by atoms with Crippen molar-refractivity contribution in [2.45, 2.75) is 64.8 Å². The van der Waals surface area contributed by atoms with Crippen molar-refractivity contribution in [1.82, 2.24) is 5.32 Å². The highest BCUT2D eigenvalue weighted by molar-refractivity contribution is 4.96. The second-order valence-corrected chi connectivity index (χ2v) is 5.02. The van der Waals surface area contributed by atoms with Gasteiger partial charge in [-0.05, 0) is 32.1 Å². The van der Waals surface area contributed by atoms with Crippen LogP contribution in [-0.2, 0) is 0 Å². The van der Waals surface area contributed by atoms with Crippen LogP contribution in [0.2, 0.25) is 0 Å². The van der Waals surface area contributed by atoms with Crippen LogP contribution in [0.3, 0.4) is 0 Å². The van der Waals surface area contributed by atoms with E-state index in [9.17, 15) is 0 Å². The first kappa shape index (κ1) is 12.8. The minimum Gasteiger partial charge on any atom is -0.310 e. The number of hydrogen-bond donors (Lipinski definition) is 1. The lowest BCUT2D eigenvalue weighted by molar-refractivity contribution is 0.344. The van der Waals surface area contributed by atoms with Gasteiger partial charge < -0.3 is 5.32 Å². The Morgan fingerprint density at radius 2 is 1.87 bits per heavy atom. The van der Waals surface area contributed by atoms with Gasteiger partial charge >= 0.3 is 0 Å².